The van der Waals surface area contributed by atoms with Crippen molar-refractivity contribution in [3.05, 3.63) is 0 Å². The molecule has 0 saturated carbocycles. The molecule has 0 amide bonds. The van der Waals surface area contributed by atoms with Gasteiger partial charge < -0.3 is 5.11 Å². The maximum absolute atomic E-state index is 10.2. The van der Waals surface area contributed by atoms with Gasteiger partial charge in [0, 0.05) is 10.5 Å². The normalized spacial score (nSPS) is 19.4. The highest BCUT2D eigenvalue weighted by Crippen LogP contribution is 1.96. The lowest BCUT2D eigenvalue weighted by Crippen LogP contribution is -1.99. The van der Waals surface area contributed by atoms with E-state index < -0.39 is 18.2 Å². The van der Waals surface area contributed by atoms with Crippen molar-refractivity contribution in [1.29, 1.82) is 0 Å². The topological polar surface area (TPSA) is 37.3 Å². The van der Waals surface area contributed by atoms with E-state index in [1.807, 2.05) is 0 Å². The minimum absolute atomic E-state index is 1.22. The second kappa shape index (κ2) is 2.61. The van der Waals surface area contributed by atoms with Gasteiger partial charge in [0.2, 0.25) is 0 Å². The molecule has 0 unspecified atom stereocenters. The van der Waals surface area contributed by atoms with Gasteiger partial charge in [-0.25, -0.2) is 0 Å². The van der Waals surface area contributed by atoms with Crippen LogP contribution in [0.2, 0.25) is 0 Å². The first-order chi connectivity index (χ1) is 4.19. The van der Waals surface area contributed by atoms with Crippen LogP contribution in [-0.4, -0.2) is 11.1 Å². The Labute approximate surface area is 47.4 Å². The fourth-order valence-corrected chi connectivity index (χ4v) is 0.214. The molecular weight excluding hydrogens is 92.1 g/mol. The maximum Gasteiger partial charge on any atom is 0.303 e. The Kier molecular flexibility index (Phi) is 1.01. The molecule has 0 atom stereocenters. The van der Waals surface area contributed by atoms with Gasteiger partial charge in [0.15, 0.2) is 0 Å². The first-order valence-corrected chi connectivity index (χ1v) is 1.93. The van der Waals surface area contributed by atoms with Gasteiger partial charge in [0.05, 0.1) is 0 Å². The van der Waals surface area contributed by atoms with Gasteiger partial charge in [-0.05, 0) is 5.89 Å². The van der Waals surface area contributed by atoms with Gasteiger partial charge in [-0.2, -0.15) is 0 Å². The molecule has 1 N–H and O–H groups in total. The molecule has 2 nitrogen and oxygen atoms in total. The van der Waals surface area contributed by atoms with Crippen LogP contribution in [0.25, 0.3) is 0 Å². The van der Waals surface area contributed by atoms with Crippen LogP contribution < -0.4 is 0 Å². The standard InChI is InChI=1S/C5H10O2/c1-4(2)3-5(6)7/h4H,3H2,1-2H3,(H,6,7)/i3D2,4D. The zero-order valence-corrected chi connectivity index (χ0v) is 4.36. The molecule has 0 heterocycles. The number of hydrogen-bond donors (Lipinski definition) is 1. The van der Waals surface area contributed by atoms with Crippen LogP contribution in [-0.2, 0) is 4.79 Å². The summed E-state index contributed by atoms with van der Waals surface area (Å²) in [5.74, 6) is -3.19. The van der Waals surface area contributed by atoms with Gasteiger partial charge >= 0.3 is 5.97 Å². The van der Waals surface area contributed by atoms with Gasteiger partial charge in [0.1, 0.15) is 0 Å². The Hall–Kier alpha value is -0.530. The molecule has 0 aromatic rings. The lowest BCUT2D eigenvalue weighted by molar-refractivity contribution is -0.137. The Bertz CT molecular complexity index is 147. The number of carboxylic acid groups (broad SMARTS) is 1. The van der Waals surface area contributed by atoms with E-state index in [2.05, 4.69) is 0 Å². The lowest BCUT2D eigenvalue weighted by Gasteiger charge is -1.94. The van der Waals surface area contributed by atoms with Crippen molar-refractivity contribution < 1.29 is 14.0 Å². The first-order valence-electron chi connectivity index (χ1n) is 3.43. The van der Waals surface area contributed by atoms with Crippen molar-refractivity contribution in [3.8, 4) is 0 Å². The number of aliphatic carboxylic acids is 1. The van der Waals surface area contributed by atoms with E-state index in [4.69, 9.17) is 9.22 Å². The van der Waals surface area contributed by atoms with Crippen LogP contribution in [0.5, 0.6) is 0 Å². The number of hydrogen-bond acceptors (Lipinski definition) is 1. The van der Waals surface area contributed by atoms with Crippen LogP contribution >= 0.6 is 0 Å². The third-order valence-corrected chi connectivity index (χ3v) is 0.357. The minimum Gasteiger partial charge on any atom is -0.481 e. The molecule has 2 heteroatoms. The number of carboxylic acids is 1. The van der Waals surface area contributed by atoms with Crippen LogP contribution in [0.3, 0.4) is 0 Å². The average molecular weight is 105 g/mol. The van der Waals surface area contributed by atoms with E-state index in [1.165, 1.54) is 13.8 Å². The van der Waals surface area contributed by atoms with Crippen molar-refractivity contribution in [2.75, 3.05) is 0 Å². The molecule has 0 bridgehead atoms. The molecule has 0 spiro atoms. The molecule has 0 radical (unpaired) electrons. The summed E-state index contributed by atoms with van der Waals surface area (Å²) in [5, 5.41) is 8.28. The van der Waals surface area contributed by atoms with E-state index in [1.54, 1.807) is 0 Å². The monoisotopic (exact) mass is 105 g/mol. The Morgan fingerprint density at radius 2 is 2.57 bits per heavy atom. The first kappa shape index (κ1) is 2.70. The molecule has 0 aromatic carbocycles. The van der Waals surface area contributed by atoms with Gasteiger partial charge in [-0.3, -0.25) is 4.79 Å². The average Bonchev–Trinajstić information content (AvgIpc) is 1.62. The zero-order chi connectivity index (χ0) is 8.58. The maximum atomic E-state index is 10.2. The molecule has 7 heavy (non-hydrogen) atoms. The fraction of sp³-hybridized carbons (Fsp3) is 0.800. The number of carbonyl (C=O) groups is 1. The smallest absolute Gasteiger partial charge is 0.303 e. The van der Waals surface area contributed by atoms with E-state index >= 15 is 0 Å². The summed E-state index contributed by atoms with van der Waals surface area (Å²) in [5.41, 5.74) is 0. The number of rotatable bonds is 2. The third kappa shape index (κ3) is 5.47. The zero-order valence-electron chi connectivity index (χ0n) is 7.36. The van der Waals surface area contributed by atoms with E-state index in [0.717, 1.165) is 0 Å². The summed E-state index contributed by atoms with van der Waals surface area (Å²) < 4.78 is 20.9. The molecular formula is C5H10O2. The van der Waals surface area contributed by atoms with E-state index in [9.17, 15) is 4.79 Å². The Balaban J connectivity index is 4.57. The van der Waals surface area contributed by atoms with Gasteiger partial charge in [-0.15, -0.1) is 0 Å². The van der Waals surface area contributed by atoms with Crippen LogP contribution in [0.15, 0.2) is 0 Å². The van der Waals surface area contributed by atoms with Crippen molar-refractivity contribution in [2.24, 2.45) is 5.89 Å². The second-order valence-electron chi connectivity index (χ2n) is 1.43. The highest BCUT2D eigenvalue weighted by Gasteiger charge is 1.98. The molecule has 42 valence electrons. The molecule has 0 fully saturated rings. The molecule has 0 aliphatic rings. The van der Waals surface area contributed by atoms with Crippen molar-refractivity contribution in [3.63, 3.8) is 0 Å². The third-order valence-electron chi connectivity index (χ3n) is 0.357. The summed E-state index contributed by atoms with van der Waals surface area (Å²) >= 11 is 0. The molecule has 0 aromatic heterocycles. The van der Waals surface area contributed by atoms with Gasteiger partial charge in [0.25, 0.3) is 0 Å². The summed E-state index contributed by atoms with van der Waals surface area (Å²) in [6.45, 7) is 2.45. The summed E-state index contributed by atoms with van der Waals surface area (Å²) in [7, 11) is 0. The van der Waals surface area contributed by atoms with Crippen LogP contribution in [0, 0.1) is 5.89 Å². The van der Waals surface area contributed by atoms with Gasteiger partial charge in [-0.1, -0.05) is 13.8 Å². The van der Waals surface area contributed by atoms with Crippen LogP contribution in [0.4, 0.5) is 0 Å². The fourth-order valence-electron chi connectivity index (χ4n) is 0.214. The van der Waals surface area contributed by atoms with Crippen molar-refractivity contribution in [1.82, 2.24) is 0 Å². The summed E-state index contributed by atoms with van der Waals surface area (Å²) in [6.07, 6.45) is -2.48. The lowest BCUT2D eigenvalue weighted by atomic mass is 10.1. The largest absolute Gasteiger partial charge is 0.481 e. The minimum atomic E-state index is -2.48. The van der Waals surface area contributed by atoms with Crippen molar-refractivity contribution >= 4 is 5.97 Å². The van der Waals surface area contributed by atoms with Crippen LogP contribution in [0.1, 0.15) is 24.3 Å². The van der Waals surface area contributed by atoms with E-state index in [0.29, 0.717) is 0 Å². The summed E-state index contributed by atoms with van der Waals surface area (Å²) in [6, 6.07) is 0. The molecule has 0 aliphatic carbocycles. The predicted octanol–water partition coefficient (Wildman–Crippen LogP) is 1.12. The second-order valence-corrected chi connectivity index (χ2v) is 1.43. The molecule has 0 rings (SSSR count). The quantitative estimate of drug-likeness (QED) is 0.571. The summed E-state index contributed by atoms with van der Waals surface area (Å²) in [4.78, 5) is 10.2. The highest BCUT2D eigenvalue weighted by molar-refractivity contribution is 5.66. The highest BCUT2D eigenvalue weighted by atomic mass is 16.4. The Morgan fingerprint density at radius 3 is 2.57 bits per heavy atom. The van der Waals surface area contributed by atoms with E-state index in [-0.39, 0.29) is 0 Å². The Morgan fingerprint density at radius 1 is 2.14 bits per heavy atom. The SMILES string of the molecule is [2H]C(C)(C)C([2H])([2H])C(=O)O. The predicted molar refractivity (Wildman–Crippen MR) is 27.1 cm³/mol. The van der Waals surface area contributed by atoms with Crippen molar-refractivity contribution in [2.45, 2.75) is 20.2 Å². The molecule has 0 saturated heterocycles. The molecule has 0 aliphatic heterocycles.